The maximum atomic E-state index is 10.8. The molecule has 1 N–H and O–H groups in total. The number of nitrogens with one attached hydrogen (secondary N) is 1. The molecule has 0 fully saturated rings. The zero-order valence-electron chi connectivity index (χ0n) is 5.87. The highest BCUT2D eigenvalue weighted by Gasteiger charge is 2.09. The van der Waals surface area contributed by atoms with Crippen LogP contribution in [-0.4, -0.2) is 17.6 Å². The number of rotatable bonds is 1. The molecular formula is C6H7ClN2O2. The second kappa shape index (κ2) is 3.30. The quantitative estimate of drug-likeness (QED) is 0.465. The summed E-state index contributed by atoms with van der Waals surface area (Å²) in [5.74, 6) is -0.390. The molecule has 0 atom stereocenters. The van der Waals surface area contributed by atoms with Gasteiger partial charge >= 0.3 is 5.97 Å². The van der Waals surface area contributed by atoms with E-state index < -0.39 is 5.97 Å². The average molecular weight is 175 g/mol. The minimum Gasteiger partial charge on any atom is -0.465 e. The molecule has 0 bridgehead atoms. The van der Waals surface area contributed by atoms with Crippen molar-refractivity contribution in [1.29, 1.82) is 0 Å². The van der Waals surface area contributed by atoms with Gasteiger partial charge in [-0.15, -0.1) is 0 Å². The third kappa shape index (κ3) is 1.88. The Hall–Kier alpha value is -1.16. The van der Waals surface area contributed by atoms with Crippen LogP contribution in [0.2, 0.25) is 0 Å². The highest BCUT2D eigenvalue weighted by molar-refractivity contribution is 6.14. The first-order valence-electron chi connectivity index (χ1n) is 2.92. The molecule has 5 heteroatoms. The molecular weight excluding hydrogens is 168 g/mol. The van der Waals surface area contributed by atoms with E-state index in [1.54, 1.807) is 6.08 Å². The van der Waals surface area contributed by atoms with Crippen molar-refractivity contribution in [2.24, 2.45) is 0 Å². The molecule has 60 valence electrons. The predicted molar refractivity (Wildman–Crippen MR) is 40.1 cm³/mol. The van der Waals surface area contributed by atoms with Crippen LogP contribution in [0.1, 0.15) is 0 Å². The molecule has 0 aromatic rings. The summed E-state index contributed by atoms with van der Waals surface area (Å²) in [6.07, 6.45) is 4.52. The zero-order chi connectivity index (χ0) is 8.27. The van der Waals surface area contributed by atoms with E-state index in [-0.39, 0.29) is 0 Å². The number of hydrogen-bond acceptors (Lipinski definition) is 4. The molecule has 0 aromatic carbocycles. The Kier molecular flexibility index (Phi) is 2.38. The Morgan fingerprint density at radius 2 is 2.55 bits per heavy atom. The smallest absolute Gasteiger partial charge is 0.339 e. The van der Waals surface area contributed by atoms with E-state index in [1.165, 1.54) is 24.0 Å². The van der Waals surface area contributed by atoms with Crippen molar-refractivity contribution in [1.82, 2.24) is 9.95 Å². The standard InChI is InChI=1S/C6H7ClN2O2/c1-11-6(10)5-2-3-9(7)8-4-5/h2-4,8H,1H3. The monoisotopic (exact) mass is 174 g/mol. The van der Waals surface area contributed by atoms with Crippen LogP contribution in [0.3, 0.4) is 0 Å². The molecule has 1 rings (SSSR count). The van der Waals surface area contributed by atoms with Gasteiger partial charge in [0.25, 0.3) is 0 Å². The van der Waals surface area contributed by atoms with Gasteiger partial charge in [-0.25, -0.2) is 9.32 Å². The van der Waals surface area contributed by atoms with E-state index in [4.69, 9.17) is 11.8 Å². The van der Waals surface area contributed by atoms with E-state index in [0.29, 0.717) is 5.57 Å². The fourth-order valence-corrected chi connectivity index (χ4v) is 0.718. The van der Waals surface area contributed by atoms with Crippen LogP contribution < -0.4 is 5.43 Å². The lowest BCUT2D eigenvalue weighted by Crippen LogP contribution is -2.23. The number of nitrogens with zero attached hydrogens (tertiary/aromatic N) is 1. The second-order valence-corrected chi connectivity index (χ2v) is 2.21. The maximum Gasteiger partial charge on any atom is 0.339 e. The van der Waals surface area contributed by atoms with Crippen LogP contribution >= 0.6 is 11.8 Å². The minimum absolute atomic E-state index is 0.390. The van der Waals surface area contributed by atoms with Crippen LogP contribution in [0.5, 0.6) is 0 Å². The number of carbonyl (C=O) groups is 1. The number of hydrazine groups is 1. The van der Waals surface area contributed by atoms with Gasteiger partial charge in [-0.1, -0.05) is 0 Å². The molecule has 0 unspecified atom stereocenters. The summed E-state index contributed by atoms with van der Waals surface area (Å²) in [6, 6.07) is 0. The lowest BCUT2D eigenvalue weighted by atomic mass is 10.3. The molecule has 0 saturated heterocycles. The Balaban J connectivity index is 2.63. The number of hydrogen-bond donors (Lipinski definition) is 1. The minimum atomic E-state index is -0.390. The van der Waals surface area contributed by atoms with Crippen molar-refractivity contribution in [3.8, 4) is 0 Å². The summed E-state index contributed by atoms with van der Waals surface area (Å²) in [5.41, 5.74) is 3.03. The number of ether oxygens (including phenoxy) is 1. The van der Waals surface area contributed by atoms with Crippen molar-refractivity contribution in [3.63, 3.8) is 0 Å². The fraction of sp³-hybridized carbons (Fsp3) is 0.167. The molecule has 1 heterocycles. The topological polar surface area (TPSA) is 41.6 Å². The lowest BCUT2D eigenvalue weighted by Gasteiger charge is -2.14. The maximum absolute atomic E-state index is 10.8. The molecule has 0 saturated carbocycles. The SMILES string of the molecule is COC(=O)C1=CNN(Cl)C=C1. The van der Waals surface area contributed by atoms with Crippen LogP contribution in [0, 0.1) is 0 Å². The molecule has 1 aliphatic heterocycles. The molecule has 4 nitrogen and oxygen atoms in total. The van der Waals surface area contributed by atoms with Gasteiger partial charge in [0.15, 0.2) is 0 Å². The van der Waals surface area contributed by atoms with E-state index in [0.717, 1.165) is 0 Å². The van der Waals surface area contributed by atoms with Crippen molar-refractivity contribution >= 4 is 17.7 Å². The van der Waals surface area contributed by atoms with Gasteiger partial charge < -0.3 is 4.74 Å². The summed E-state index contributed by atoms with van der Waals surface area (Å²) in [4.78, 5) is 10.8. The summed E-state index contributed by atoms with van der Waals surface area (Å²) in [7, 11) is 1.32. The van der Waals surface area contributed by atoms with E-state index in [1.807, 2.05) is 0 Å². The first-order chi connectivity index (χ1) is 5.24. The van der Waals surface area contributed by atoms with Crippen molar-refractivity contribution in [3.05, 3.63) is 24.0 Å². The summed E-state index contributed by atoms with van der Waals surface area (Å²) in [5, 5.41) is 0. The average Bonchev–Trinajstić information content (AvgIpc) is 2.05. The summed E-state index contributed by atoms with van der Waals surface area (Å²) < 4.78 is 5.67. The number of methoxy groups -OCH3 is 1. The molecule has 0 aromatic heterocycles. The zero-order valence-corrected chi connectivity index (χ0v) is 6.63. The Bertz CT molecular complexity index is 225. The Morgan fingerprint density at radius 3 is 3.00 bits per heavy atom. The van der Waals surface area contributed by atoms with Gasteiger partial charge in [-0.05, 0) is 6.08 Å². The largest absolute Gasteiger partial charge is 0.465 e. The summed E-state index contributed by atoms with van der Waals surface area (Å²) in [6.45, 7) is 0. The molecule has 0 radical (unpaired) electrons. The van der Waals surface area contributed by atoms with Crippen molar-refractivity contribution < 1.29 is 9.53 Å². The Labute approximate surface area is 69.1 Å². The number of halogens is 1. The molecule has 0 amide bonds. The van der Waals surface area contributed by atoms with E-state index in [9.17, 15) is 4.79 Å². The third-order valence-corrected chi connectivity index (χ3v) is 1.36. The highest BCUT2D eigenvalue weighted by atomic mass is 35.5. The predicted octanol–water partition coefficient (Wildman–Crippen LogP) is 0.531. The lowest BCUT2D eigenvalue weighted by molar-refractivity contribution is -0.135. The van der Waals surface area contributed by atoms with E-state index in [2.05, 4.69) is 10.2 Å². The molecule has 0 aliphatic carbocycles. The highest BCUT2D eigenvalue weighted by Crippen LogP contribution is 2.05. The van der Waals surface area contributed by atoms with Crippen LogP contribution in [0.15, 0.2) is 24.0 Å². The first-order valence-corrected chi connectivity index (χ1v) is 3.25. The van der Waals surface area contributed by atoms with Gasteiger partial charge in [-0.2, -0.15) is 0 Å². The summed E-state index contributed by atoms with van der Waals surface area (Å²) >= 11 is 5.47. The third-order valence-electron chi connectivity index (χ3n) is 1.15. The van der Waals surface area contributed by atoms with Gasteiger partial charge in [-0.3, -0.25) is 5.43 Å². The van der Waals surface area contributed by atoms with E-state index >= 15 is 0 Å². The van der Waals surface area contributed by atoms with Crippen LogP contribution in [0.25, 0.3) is 0 Å². The number of carbonyl (C=O) groups excluding carboxylic acids is 1. The van der Waals surface area contributed by atoms with Gasteiger partial charge in [0.2, 0.25) is 0 Å². The first kappa shape index (κ1) is 7.94. The van der Waals surface area contributed by atoms with Crippen LogP contribution in [-0.2, 0) is 9.53 Å². The number of esters is 1. The van der Waals surface area contributed by atoms with Gasteiger partial charge in [0, 0.05) is 24.2 Å². The molecule has 0 spiro atoms. The molecule has 11 heavy (non-hydrogen) atoms. The molecule has 1 aliphatic rings. The fourth-order valence-electron chi connectivity index (χ4n) is 0.613. The van der Waals surface area contributed by atoms with Crippen molar-refractivity contribution in [2.45, 2.75) is 0 Å². The second-order valence-electron chi connectivity index (χ2n) is 1.85. The normalized spacial score (nSPS) is 15.5. The van der Waals surface area contributed by atoms with Gasteiger partial charge in [0.05, 0.1) is 12.7 Å². The Morgan fingerprint density at radius 1 is 1.82 bits per heavy atom. The van der Waals surface area contributed by atoms with Crippen LogP contribution in [0.4, 0.5) is 0 Å². The van der Waals surface area contributed by atoms with Gasteiger partial charge in [0.1, 0.15) is 0 Å². The van der Waals surface area contributed by atoms with Crippen molar-refractivity contribution in [2.75, 3.05) is 7.11 Å².